The Hall–Kier alpha value is -1.40. The largest absolute Gasteiger partial charge is 0.374 e. The van der Waals surface area contributed by atoms with E-state index in [2.05, 4.69) is 0 Å². The van der Waals surface area contributed by atoms with Crippen molar-refractivity contribution in [1.29, 1.82) is 0 Å². The van der Waals surface area contributed by atoms with Crippen molar-refractivity contribution >= 4 is 25.1 Å². The van der Waals surface area contributed by atoms with E-state index in [4.69, 9.17) is 9.47 Å². The predicted octanol–water partition coefficient (Wildman–Crippen LogP) is 1.42. The van der Waals surface area contributed by atoms with E-state index in [-0.39, 0.29) is 24.4 Å². The molecule has 0 unspecified atom stereocenters. The third-order valence-electron chi connectivity index (χ3n) is 3.83. The fourth-order valence-corrected chi connectivity index (χ4v) is 2.68. The van der Waals surface area contributed by atoms with Crippen LogP contribution in [0, 0.1) is 0 Å². The first kappa shape index (κ1) is 18.6. The molecule has 0 bridgehead atoms. The maximum absolute atomic E-state index is 10.1. The predicted molar refractivity (Wildman–Crippen MR) is 78.5 cm³/mol. The SMILES string of the molecule is O=CC[C@@H]1CC[C@@H](CC=O)O1.O=CC[C@@H]1CC[C@H](CC=O)O1. The molecule has 6 nitrogen and oxygen atoms in total. The van der Waals surface area contributed by atoms with Gasteiger partial charge in [-0.1, -0.05) is 0 Å². The van der Waals surface area contributed by atoms with Crippen molar-refractivity contribution in [1.82, 2.24) is 0 Å². The van der Waals surface area contributed by atoms with Gasteiger partial charge in [-0.2, -0.15) is 0 Å². The smallest absolute Gasteiger partial charge is 0.122 e. The minimum atomic E-state index is 0.0671. The van der Waals surface area contributed by atoms with Crippen LogP contribution in [-0.2, 0) is 28.7 Å². The molecule has 0 spiro atoms. The lowest BCUT2D eigenvalue weighted by Gasteiger charge is -2.07. The summed E-state index contributed by atoms with van der Waals surface area (Å²) in [5.41, 5.74) is 0. The van der Waals surface area contributed by atoms with Gasteiger partial charge in [0.15, 0.2) is 0 Å². The fraction of sp³-hybridized carbons (Fsp3) is 0.750. The molecule has 22 heavy (non-hydrogen) atoms. The highest BCUT2D eigenvalue weighted by Crippen LogP contribution is 2.23. The van der Waals surface area contributed by atoms with Gasteiger partial charge in [-0.15, -0.1) is 0 Å². The molecule has 6 heteroatoms. The van der Waals surface area contributed by atoms with Gasteiger partial charge in [-0.25, -0.2) is 0 Å². The molecule has 124 valence electrons. The third-order valence-corrected chi connectivity index (χ3v) is 3.83. The molecule has 0 aromatic rings. The zero-order chi connectivity index (χ0) is 16.2. The van der Waals surface area contributed by atoms with Crippen molar-refractivity contribution in [2.75, 3.05) is 0 Å². The van der Waals surface area contributed by atoms with E-state index in [1.165, 1.54) is 0 Å². The van der Waals surface area contributed by atoms with Gasteiger partial charge >= 0.3 is 0 Å². The van der Waals surface area contributed by atoms with Gasteiger partial charge in [0.25, 0.3) is 0 Å². The summed E-state index contributed by atoms with van der Waals surface area (Å²) >= 11 is 0. The average molecular weight is 312 g/mol. The summed E-state index contributed by atoms with van der Waals surface area (Å²) in [4.78, 5) is 40.3. The number of carbonyl (C=O) groups is 4. The molecule has 0 amide bonds. The second kappa shape index (κ2) is 11.2. The molecule has 0 aromatic carbocycles. The van der Waals surface area contributed by atoms with Crippen molar-refractivity contribution < 1.29 is 28.7 Å². The maximum atomic E-state index is 10.1. The number of hydrogen-bond donors (Lipinski definition) is 0. The van der Waals surface area contributed by atoms with Crippen molar-refractivity contribution in [2.24, 2.45) is 0 Å². The quantitative estimate of drug-likeness (QED) is 0.630. The molecule has 0 aliphatic carbocycles. The van der Waals surface area contributed by atoms with Crippen molar-refractivity contribution in [3.8, 4) is 0 Å². The minimum Gasteiger partial charge on any atom is -0.374 e. The molecule has 0 N–H and O–H groups in total. The molecule has 2 aliphatic heterocycles. The van der Waals surface area contributed by atoms with E-state index in [1.807, 2.05) is 0 Å². The van der Waals surface area contributed by atoms with Crippen molar-refractivity contribution in [2.45, 2.75) is 75.8 Å². The van der Waals surface area contributed by atoms with Crippen LogP contribution in [0.5, 0.6) is 0 Å². The highest BCUT2D eigenvalue weighted by Gasteiger charge is 2.24. The van der Waals surface area contributed by atoms with Gasteiger partial charge in [0, 0.05) is 25.7 Å². The Bertz CT molecular complexity index is 291. The Kier molecular flexibility index (Phi) is 9.50. The van der Waals surface area contributed by atoms with Crippen LogP contribution in [0.3, 0.4) is 0 Å². The normalized spacial score (nSPS) is 30.2. The molecular weight excluding hydrogens is 288 g/mol. The molecule has 2 aliphatic rings. The molecule has 0 saturated carbocycles. The molecule has 2 rings (SSSR count). The number of ether oxygens (including phenoxy) is 2. The van der Waals surface area contributed by atoms with Gasteiger partial charge in [-0.05, 0) is 25.7 Å². The lowest BCUT2D eigenvalue weighted by Crippen LogP contribution is -2.11. The summed E-state index contributed by atoms with van der Waals surface area (Å²) in [6.45, 7) is 0. The van der Waals surface area contributed by atoms with E-state index in [0.29, 0.717) is 25.7 Å². The Morgan fingerprint density at radius 1 is 0.545 bits per heavy atom. The monoisotopic (exact) mass is 312 g/mol. The lowest BCUT2D eigenvalue weighted by atomic mass is 10.1. The van der Waals surface area contributed by atoms with Crippen LogP contribution < -0.4 is 0 Å². The lowest BCUT2D eigenvalue weighted by molar-refractivity contribution is -0.113. The van der Waals surface area contributed by atoms with Crippen LogP contribution >= 0.6 is 0 Å². The first-order valence-electron chi connectivity index (χ1n) is 7.78. The summed E-state index contributed by atoms with van der Waals surface area (Å²) < 4.78 is 10.8. The Morgan fingerprint density at radius 3 is 0.955 bits per heavy atom. The van der Waals surface area contributed by atoms with Gasteiger partial charge in [0.1, 0.15) is 25.1 Å². The molecule has 2 saturated heterocycles. The molecule has 0 aromatic heterocycles. The molecule has 2 heterocycles. The zero-order valence-electron chi connectivity index (χ0n) is 12.7. The van der Waals surface area contributed by atoms with E-state index in [0.717, 1.165) is 50.8 Å². The fourth-order valence-electron chi connectivity index (χ4n) is 2.68. The Balaban J connectivity index is 0.000000220. The van der Waals surface area contributed by atoms with Gasteiger partial charge in [0.05, 0.1) is 24.4 Å². The summed E-state index contributed by atoms with van der Waals surface area (Å²) in [6, 6.07) is 0. The number of aldehydes is 4. The van der Waals surface area contributed by atoms with Crippen molar-refractivity contribution in [3.63, 3.8) is 0 Å². The second-order valence-electron chi connectivity index (χ2n) is 5.52. The van der Waals surface area contributed by atoms with Crippen LogP contribution in [0.1, 0.15) is 51.4 Å². The first-order valence-corrected chi connectivity index (χ1v) is 7.78. The molecule has 0 radical (unpaired) electrons. The van der Waals surface area contributed by atoms with E-state index in [9.17, 15) is 19.2 Å². The van der Waals surface area contributed by atoms with Gasteiger partial charge < -0.3 is 28.7 Å². The maximum Gasteiger partial charge on any atom is 0.122 e. The van der Waals surface area contributed by atoms with Crippen LogP contribution in [0.25, 0.3) is 0 Å². The van der Waals surface area contributed by atoms with Crippen LogP contribution in [0.4, 0.5) is 0 Å². The molecule has 4 atom stereocenters. The number of hydrogen-bond acceptors (Lipinski definition) is 6. The van der Waals surface area contributed by atoms with Crippen LogP contribution in [0.2, 0.25) is 0 Å². The highest BCUT2D eigenvalue weighted by atomic mass is 16.5. The third kappa shape index (κ3) is 7.04. The standard InChI is InChI=1S/2C8H12O3/c2*9-5-3-7-1-2-8(11-7)4-6-10/h2*5-8H,1-4H2/t7-,8+;7-,8-/m.0/s1. The second-order valence-corrected chi connectivity index (χ2v) is 5.52. The zero-order valence-corrected chi connectivity index (χ0v) is 12.7. The van der Waals surface area contributed by atoms with E-state index >= 15 is 0 Å². The van der Waals surface area contributed by atoms with E-state index < -0.39 is 0 Å². The van der Waals surface area contributed by atoms with Gasteiger partial charge in [0.2, 0.25) is 0 Å². The number of rotatable bonds is 8. The summed E-state index contributed by atoms with van der Waals surface area (Å²) in [6.07, 6.45) is 9.27. The van der Waals surface area contributed by atoms with Crippen molar-refractivity contribution in [3.05, 3.63) is 0 Å². The number of carbonyl (C=O) groups excluding carboxylic acids is 4. The molecule has 2 fully saturated rings. The summed E-state index contributed by atoms with van der Waals surface area (Å²) in [5.74, 6) is 0. The molecular formula is C16H24O6. The summed E-state index contributed by atoms with van der Waals surface area (Å²) in [5, 5.41) is 0. The highest BCUT2D eigenvalue weighted by molar-refractivity contribution is 5.52. The Labute approximate surface area is 130 Å². The van der Waals surface area contributed by atoms with E-state index in [1.54, 1.807) is 0 Å². The van der Waals surface area contributed by atoms with Crippen LogP contribution in [0.15, 0.2) is 0 Å². The average Bonchev–Trinajstić information content (AvgIpc) is 3.12. The summed E-state index contributed by atoms with van der Waals surface area (Å²) in [7, 11) is 0. The van der Waals surface area contributed by atoms with Crippen LogP contribution in [-0.4, -0.2) is 49.6 Å². The first-order chi connectivity index (χ1) is 10.7. The Morgan fingerprint density at radius 2 is 0.773 bits per heavy atom. The minimum absolute atomic E-state index is 0.0671. The topological polar surface area (TPSA) is 86.7 Å². The van der Waals surface area contributed by atoms with Gasteiger partial charge in [-0.3, -0.25) is 0 Å².